The molecule has 4 heterocycles. The molecular formula is C25H25F2N5. The summed E-state index contributed by atoms with van der Waals surface area (Å²) in [5.41, 5.74) is 5.47. The number of pyridine rings is 2. The van der Waals surface area contributed by atoms with E-state index in [0.717, 1.165) is 60.0 Å². The normalized spacial score (nSPS) is 17.2. The molecule has 1 saturated heterocycles. The van der Waals surface area contributed by atoms with Crippen molar-refractivity contribution in [2.75, 3.05) is 38.6 Å². The summed E-state index contributed by atoms with van der Waals surface area (Å²) in [5.74, 6) is -1.75. The Kier molecular flexibility index (Phi) is 5.43. The van der Waals surface area contributed by atoms with Crippen molar-refractivity contribution < 1.29 is 8.78 Å². The van der Waals surface area contributed by atoms with Crippen molar-refractivity contribution in [1.82, 2.24) is 14.9 Å². The maximum Gasteiger partial charge on any atom is 0.159 e. The number of nitrogens with zero attached hydrogens (tertiary/aromatic N) is 5. The molecule has 0 saturated carbocycles. The van der Waals surface area contributed by atoms with Gasteiger partial charge in [0, 0.05) is 30.3 Å². The lowest BCUT2D eigenvalue weighted by molar-refractivity contribution is 0.249. The molecule has 164 valence electrons. The van der Waals surface area contributed by atoms with E-state index in [1.807, 2.05) is 24.4 Å². The van der Waals surface area contributed by atoms with E-state index in [0.29, 0.717) is 23.9 Å². The van der Waals surface area contributed by atoms with Crippen molar-refractivity contribution in [1.29, 1.82) is 0 Å². The second-order valence-corrected chi connectivity index (χ2v) is 8.55. The van der Waals surface area contributed by atoms with Crippen molar-refractivity contribution in [3.63, 3.8) is 0 Å². The fourth-order valence-corrected chi connectivity index (χ4v) is 4.49. The molecule has 7 heteroatoms. The van der Waals surface area contributed by atoms with E-state index in [4.69, 9.17) is 4.98 Å². The average Bonchev–Trinajstić information content (AvgIpc) is 3.30. The largest absolute Gasteiger partial charge is 0.370 e. The summed E-state index contributed by atoms with van der Waals surface area (Å²) < 4.78 is 27.2. The molecule has 2 aromatic heterocycles. The van der Waals surface area contributed by atoms with E-state index in [1.165, 1.54) is 6.07 Å². The van der Waals surface area contributed by atoms with E-state index in [-0.39, 0.29) is 0 Å². The lowest BCUT2D eigenvalue weighted by Crippen LogP contribution is -2.42. The molecule has 0 amide bonds. The van der Waals surface area contributed by atoms with Gasteiger partial charge >= 0.3 is 0 Å². The van der Waals surface area contributed by atoms with Crippen LogP contribution in [0.3, 0.4) is 0 Å². The molecule has 0 atom stereocenters. The quantitative estimate of drug-likeness (QED) is 0.615. The summed E-state index contributed by atoms with van der Waals surface area (Å²) in [6.07, 6.45) is 6.13. The van der Waals surface area contributed by atoms with Crippen LogP contribution in [-0.2, 0) is 0 Å². The minimum absolute atomic E-state index is 0.489. The maximum atomic E-state index is 13.8. The fourth-order valence-electron chi connectivity index (χ4n) is 4.49. The van der Waals surface area contributed by atoms with E-state index >= 15 is 0 Å². The first-order valence-electron chi connectivity index (χ1n) is 10.9. The van der Waals surface area contributed by atoms with Crippen molar-refractivity contribution in [2.24, 2.45) is 4.99 Å². The molecule has 5 rings (SSSR count). The Morgan fingerprint density at radius 2 is 1.78 bits per heavy atom. The van der Waals surface area contributed by atoms with Gasteiger partial charge in [-0.05, 0) is 63.3 Å². The summed E-state index contributed by atoms with van der Waals surface area (Å²) in [6.45, 7) is 2.48. The number of rotatable bonds is 4. The third-order valence-electron chi connectivity index (χ3n) is 6.35. The Labute approximate surface area is 186 Å². The van der Waals surface area contributed by atoms with Gasteiger partial charge in [-0.3, -0.25) is 9.98 Å². The van der Waals surface area contributed by atoms with Crippen LogP contribution in [0.2, 0.25) is 0 Å². The molecule has 2 aliphatic rings. The lowest BCUT2D eigenvalue weighted by atomic mass is 10.00. The molecule has 5 nitrogen and oxygen atoms in total. The number of anilines is 1. The molecule has 3 aromatic rings. The van der Waals surface area contributed by atoms with E-state index < -0.39 is 11.6 Å². The second-order valence-electron chi connectivity index (χ2n) is 8.55. The zero-order chi connectivity index (χ0) is 22.2. The van der Waals surface area contributed by atoms with Crippen LogP contribution in [0.1, 0.15) is 24.1 Å². The molecule has 0 spiro atoms. The Morgan fingerprint density at radius 3 is 2.53 bits per heavy atom. The Morgan fingerprint density at radius 1 is 0.969 bits per heavy atom. The van der Waals surface area contributed by atoms with Crippen LogP contribution >= 0.6 is 0 Å². The zero-order valence-corrected chi connectivity index (χ0v) is 18.2. The monoisotopic (exact) mass is 433 g/mol. The van der Waals surface area contributed by atoms with Crippen LogP contribution in [0.15, 0.2) is 53.7 Å². The van der Waals surface area contributed by atoms with Crippen LogP contribution < -0.4 is 4.90 Å². The van der Waals surface area contributed by atoms with Crippen molar-refractivity contribution in [2.45, 2.75) is 18.9 Å². The standard InChI is InChI=1S/C25H25F2N5/c1-31(2)17-8-11-32(12-9-17)18-14-24-23(29-15-18)6-5-22(30-24)19-7-10-28-25(19)16-3-4-20(26)21(27)13-16/h3-7,13-15,17H,8-12H2,1-2H3. The third kappa shape index (κ3) is 3.88. The van der Waals surface area contributed by atoms with Crippen LogP contribution in [0.5, 0.6) is 0 Å². The highest BCUT2D eigenvalue weighted by molar-refractivity contribution is 6.32. The van der Waals surface area contributed by atoms with E-state index in [1.54, 1.807) is 6.07 Å². The molecule has 32 heavy (non-hydrogen) atoms. The van der Waals surface area contributed by atoms with Gasteiger partial charge in [0.2, 0.25) is 0 Å². The summed E-state index contributed by atoms with van der Waals surface area (Å²) >= 11 is 0. The number of benzene rings is 1. The van der Waals surface area contributed by atoms with Gasteiger partial charge in [0.15, 0.2) is 11.6 Å². The molecule has 0 aliphatic carbocycles. The van der Waals surface area contributed by atoms with Gasteiger partial charge in [-0.25, -0.2) is 13.8 Å². The summed E-state index contributed by atoms with van der Waals surface area (Å²) in [4.78, 5) is 18.6. The van der Waals surface area contributed by atoms with E-state index in [9.17, 15) is 8.78 Å². The molecule has 1 aromatic carbocycles. The molecule has 0 radical (unpaired) electrons. The van der Waals surface area contributed by atoms with Gasteiger partial charge < -0.3 is 9.80 Å². The summed E-state index contributed by atoms with van der Waals surface area (Å²) in [5, 5.41) is 0. The van der Waals surface area contributed by atoms with Crippen LogP contribution in [-0.4, -0.2) is 60.4 Å². The highest BCUT2D eigenvalue weighted by atomic mass is 19.2. The number of fused-ring (bicyclic) bond motifs is 1. The fraction of sp³-hybridized carbons (Fsp3) is 0.320. The van der Waals surface area contributed by atoms with Gasteiger partial charge in [-0.1, -0.05) is 6.08 Å². The molecule has 2 aliphatic heterocycles. The number of allylic oxidation sites excluding steroid dienone is 1. The minimum atomic E-state index is -0.880. The van der Waals surface area contributed by atoms with Gasteiger partial charge in [0.05, 0.1) is 40.9 Å². The molecule has 0 N–H and O–H groups in total. The van der Waals surface area contributed by atoms with Crippen molar-refractivity contribution in [3.8, 4) is 0 Å². The molecule has 0 unspecified atom stereocenters. The lowest BCUT2D eigenvalue weighted by Gasteiger charge is -2.36. The number of piperidine rings is 1. The SMILES string of the molecule is CN(C)C1CCN(c2cnc3ccc(C4=CCN=C4c4ccc(F)c(F)c4)nc3c2)CC1. The van der Waals surface area contributed by atoms with Gasteiger partial charge in [-0.2, -0.15) is 0 Å². The third-order valence-corrected chi connectivity index (χ3v) is 6.35. The van der Waals surface area contributed by atoms with Crippen LogP contribution in [0.25, 0.3) is 16.6 Å². The maximum absolute atomic E-state index is 13.8. The van der Waals surface area contributed by atoms with Crippen molar-refractivity contribution in [3.05, 3.63) is 71.6 Å². The van der Waals surface area contributed by atoms with Gasteiger partial charge in [-0.15, -0.1) is 0 Å². The highest BCUT2D eigenvalue weighted by Crippen LogP contribution is 2.28. The number of halogens is 2. The Balaban J connectivity index is 1.43. The number of hydrogen-bond acceptors (Lipinski definition) is 5. The number of aliphatic imine (C=N–C) groups is 1. The van der Waals surface area contributed by atoms with Gasteiger partial charge in [0.25, 0.3) is 0 Å². The predicted molar refractivity (Wildman–Crippen MR) is 124 cm³/mol. The van der Waals surface area contributed by atoms with Crippen LogP contribution in [0, 0.1) is 11.6 Å². The van der Waals surface area contributed by atoms with Gasteiger partial charge in [0.1, 0.15) is 0 Å². The molecule has 1 fully saturated rings. The molecular weight excluding hydrogens is 408 g/mol. The first-order valence-corrected chi connectivity index (χ1v) is 10.9. The average molecular weight is 434 g/mol. The molecule has 0 bridgehead atoms. The van der Waals surface area contributed by atoms with E-state index in [2.05, 4.69) is 39.9 Å². The first-order chi connectivity index (χ1) is 15.5. The summed E-state index contributed by atoms with van der Waals surface area (Å²) in [7, 11) is 4.28. The predicted octanol–water partition coefficient (Wildman–Crippen LogP) is 4.32. The second kappa shape index (κ2) is 8.39. The number of hydrogen-bond donors (Lipinski definition) is 0. The Hall–Kier alpha value is -3.19. The smallest absolute Gasteiger partial charge is 0.159 e. The topological polar surface area (TPSA) is 44.6 Å². The Bertz CT molecular complexity index is 1230. The number of aromatic nitrogens is 2. The van der Waals surface area contributed by atoms with Crippen LogP contribution in [0.4, 0.5) is 14.5 Å². The highest BCUT2D eigenvalue weighted by Gasteiger charge is 2.22. The zero-order valence-electron chi connectivity index (χ0n) is 18.2. The first kappa shape index (κ1) is 20.7. The summed E-state index contributed by atoms with van der Waals surface area (Å²) in [6, 6.07) is 10.4. The minimum Gasteiger partial charge on any atom is -0.370 e. The van der Waals surface area contributed by atoms with Crippen molar-refractivity contribution >= 4 is 28.0 Å².